The Hall–Kier alpha value is -2.74. The summed E-state index contributed by atoms with van der Waals surface area (Å²) in [7, 11) is 0. The van der Waals surface area contributed by atoms with Crippen molar-refractivity contribution in [2.45, 2.75) is 18.5 Å². The van der Waals surface area contributed by atoms with Crippen LogP contribution in [0.25, 0.3) is 0 Å². The topological polar surface area (TPSA) is 75.8 Å². The van der Waals surface area contributed by atoms with Crippen LogP contribution in [-0.4, -0.2) is 22.8 Å². The molecule has 2 atom stereocenters. The normalized spacial score (nSPS) is 19.1. The van der Waals surface area contributed by atoms with Gasteiger partial charge in [-0.25, -0.2) is 9.86 Å². The number of ether oxygens (including phenoxy) is 1. The average molecular weight is 366 g/mol. The van der Waals surface area contributed by atoms with E-state index in [9.17, 15) is 23.2 Å². The van der Waals surface area contributed by atoms with E-state index in [0.29, 0.717) is 10.8 Å². The van der Waals surface area contributed by atoms with Gasteiger partial charge in [-0.2, -0.15) is 13.2 Å². The Morgan fingerprint density at radius 3 is 2.50 bits per heavy atom. The Morgan fingerprint density at radius 2 is 1.85 bits per heavy atom. The molecule has 0 heterocycles. The Bertz CT molecular complexity index is 810. The number of hydrogen-bond acceptors (Lipinski definition) is 3. The fourth-order valence-electron chi connectivity index (χ4n) is 2.85. The highest BCUT2D eigenvalue weighted by Crippen LogP contribution is 2.48. The first-order valence-electron chi connectivity index (χ1n) is 7.95. The van der Waals surface area contributed by atoms with Crippen molar-refractivity contribution in [3.63, 3.8) is 0 Å². The van der Waals surface area contributed by atoms with Gasteiger partial charge in [0.05, 0.1) is 12.1 Å². The molecule has 2 aromatic rings. The van der Waals surface area contributed by atoms with E-state index in [2.05, 4.69) is 0 Å². The van der Waals surface area contributed by atoms with Crippen molar-refractivity contribution >= 4 is 6.03 Å². The zero-order chi connectivity index (χ0) is 18.9. The number of carbonyl (C=O) groups excluding carboxylic acids is 1. The van der Waals surface area contributed by atoms with E-state index in [0.717, 1.165) is 24.1 Å². The summed E-state index contributed by atoms with van der Waals surface area (Å²) in [5.74, 6) is 0.730. The van der Waals surface area contributed by atoms with Gasteiger partial charge in [0.1, 0.15) is 11.5 Å². The maximum atomic E-state index is 12.8. The van der Waals surface area contributed by atoms with Crippen LogP contribution in [0.15, 0.2) is 48.5 Å². The molecule has 0 saturated heterocycles. The zero-order valence-electron chi connectivity index (χ0n) is 13.6. The van der Waals surface area contributed by atoms with Crippen molar-refractivity contribution in [1.82, 2.24) is 5.06 Å². The van der Waals surface area contributed by atoms with Gasteiger partial charge in [0.2, 0.25) is 0 Å². The fraction of sp³-hybridized carbons (Fsp3) is 0.278. The summed E-state index contributed by atoms with van der Waals surface area (Å²) in [4.78, 5) is 10.9. The summed E-state index contributed by atoms with van der Waals surface area (Å²) in [6, 6.07) is 10.8. The minimum Gasteiger partial charge on any atom is -0.457 e. The highest BCUT2D eigenvalue weighted by Gasteiger charge is 2.40. The quantitative estimate of drug-likeness (QED) is 0.609. The molecule has 0 aliphatic heterocycles. The van der Waals surface area contributed by atoms with Crippen LogP contribution in [0.1, 0.15) is 23.5 Å². The third-order valence-electron chi connectivity index (χ3n) is 4.27. The number of halogens is 3. The van der Waals surface area contributed by atoms with Crippen LogP contribution in [0, 0.1) is 5.92 Å². The van der Waals surface area contributed by atoms with Crippen LogP contribution in [0.5, 0.6) is 11.5 Å². The molecule has 0 bridgehead atoms. The molecule has 3 N–H and O–H groups in total. The van der Waals surface area contributed by atoms with E-state index < -0.39 is 17.8 Å². The van der Waals surface area contributed by atoms with E-state index in [1.165, 1.54) is 12.1 Å². The standard InChI is InChI=1S/C18H17F3N2O3/c19-18(20,21)13-4-2-6-15(9-13)26-14-5-1-3-11(7-14)16-8-12(16)10-23(25)17(22)24/h1-7,9,12,16,25H,8,10H2,(H2,22,24). The molecular formula is C18H17F3N2O3. The number of rotatable bonds is 5. The van der Waals surface area contributed by atoms with Crippen LogP contribution in [-0.2, 0) is 6.18 Å². The van der Waals surface area contributed by atoms with Crippen molar-refractivity contribution in [2.24, 2.45) is 11.7 Å². The minimum atomic E-state index is -4.43. The molecule has 8 heteroatoms. The number of benzene rings is 2. The van der Waals surface area contributed by atoms with Crippen LogP contribution >= 0.6 is 0 Å². The van der Waals surface area contributed by atoms with Crippen molar-refractivity contribution in [2.75, 3.05) is 6.54 Å². The average Bonchev–Trinajstić information content (AvgIpc) is 3.33. The van der Waals surface area contributed by atoms with Gasteiger partial charge in [0.25, 0.3) is 0 Å². The maximum absolute atomic E-state index is 12.8. The fourth-order valence-corrected chi connectivity index (χ4v) is 2.85. The summed E-state index contributed by atoms with van der Waals surface area (Å²) < 4.78 is 43.9. The predicted molar refractivity (Wildman–Crippen MR) is 86.9 cm³/mol. The SMILES string of the molecule is NC(=O)N(O)CC1CC1c1cccc(Oc2cccc(C(F)(F)F)c2)c1. The second-order valence-electron chi connectivity index (χ2n) is 6.22. The number of nitrogens with zero attached hydrogens (tertiary/aromatic N) is 1. The Labute approximate surface area is 147 Å². The van der Waals surface area contributed by atoms with Crippen LogP contribution in [0.2, 0.25) is 0 Å². The summed E-state index contributed by atoms with van der Waals surface area (Å²) in [6.07, 6.45) is -3.66. The smallest absolute Gasteiger partial charge is 0.416 e. The lowest BCUT2D eigenvalue weighted by atomic mass is 10.1. The molecule has 0 aromatic heterocycles. The first-order chi connectivity index (χ1) is 12.2. The second kappa shape index (κ2) is 6.87. The number of alkyl halides is 3. The molecule has 3 rings (SSSR count). The number of nitrogens with two attached hydrogens (primary N) is 1. The summed E-state index contributed by atoms with van der Waals surface area (Å²) in [5, 5.41) is 9.86. The molecule has 2 unspecified atom stereocenters. The van der Waals surface area contributed by atoms with E-state index in [1.54, 1.807) is 18.2 Å². The van der Waals surface area contributed by atoms with E-state index in [-0.39, 0.29) is 24.1 Å². The van der Waals surface area contributed by atoms with Gasteiger partial charge in [-0.1, -0.05) is 18.2 Å². The maximum Gasteiger partial charge on any atom is 0.416 e. The van der Waals surface area contributed by atoms with Gasteiger partial charge in [0, 0.05) is 0 Å². The number of carbonyl (C=O) groups is 1. The van der Waals surface area contributed by atoms with Crippen molar-refractivity contribution < 1.29 is 27.9 Å². The lowest BCUT2D eigenvalue weighted by Crippen LogP contribution is -2.34. The van der Waals surface area contributed by atoms with Crippen LogP contribution in [0.3, 0.4) is 0 Å². The number of primary amides is 1. The third-order valence-corrected chi connectivity index (χ3v) is 4.27. The molecule has 1 aliphatic rings. The first-order valence-corrected chi connectivity index (χ1v) is 7.95. The largest absolute Gasteiger partial charge is 0.457 e. The van der Waals surface area contributed by atoms with E-state index in [1.807, 2.05) is 6.07 Å². The molecule has 1 fully saturated rings. The molecule has 5 nitrogen and oxygen atoms in total. The highest BCUT2D eigenvalue weighted by molar-refractivity contribution is 5.70. The predicted octanol–water partition coefficient (Wildman–Crippen LogP) is 4.37. The summed E-state index contributed by atoms with van der Waals surface area (Å²) in [6.45, 7) is 0.138. The van der Waals surface area contributed by atoms with Crippen LogP contribution in [0.4, 0.5) is 18.0 Å². The lowest BCUT2D eigenvalue weighted by molar-refractivity contribution is -0.137. The second-order valence-corrected chi connectivity index (χ2v) is 6.22. The number of hydroxylamine groups is 2. The van der Waals surface area contributed by atoms with Gasteiger partial charge in [-0.15, -0.1) is 0 Å². The summed E-state index contributed by atoms with van der Waals surface area (Å²) >= 11 is 0. The van der Waals surface area contributed by atoms with Gasteiger partial charge >= 0.3 is 12.2 Å². The summed E-state index contributed by atoms with van der Waals surface area (Å²) in [5.41, 5.74) is 5.14. The molecule has 26 heavy (non-hydrogen) atoms. The first kappa shape index (κ1) is 18.1. The number of amides is 2. The molecule has 2 amide bonds. The van der Waals surface area contributed by atoms with Gasteiger partial charge in [-0.3, -0.25) is 5.21 Å². The molecule has 138 valence electrons. The molecule has 0 spiro atoms. The van der Waals surface area contributed by atoms with Crippen LogP contribution < -0.4 is 10.5 Å². The molecular weight excluding hydrogens is 349 g/mol. The monoisotopic (exact) mass is 366 g/mol. The molecule has 1 aliphatic carbocycles. The van der Waals surface area contributed by atoms with Crippen molar-refractivity contribution in [1.29, 1.82) is 0 Å². The minimum absolute atomic E-state index is 0.0799. The van der Waals surface area contributed by atoms with E-state index >= 15 is 0 Å². The molecule has 0 radical (unpaired) electrons. The number of urea groups is 1. The Morgan fingerprint density at radius 1 is 1.19 bits per heavy atom. The lowest BCUT2D eigenvalue weighted by Gasteiger charge is -2.12. The van der Waals surface area contributed by atoms with Crippen molar-refractivity contribution in [3.05, 3.63) is 59.7 Å². The van der Waals surface area contributed by atoms with Crippen molar-refractivity contribution in [3.8, 4) is 11.5 Å². The third kappa shape index (κ3) is 4.26. The van der Waals surface area contributed by atoms with Gasteiger partial charge in [-0.05, 0) is 54.2 Å². The molecule has 1 saturated carbocycles. The zero-order valence-corrected chi connectivity index (χ0v) is 13.6. The number of hydrogen-bond donors (Lipinski definition) is 2. The Balaban J connectivity index is 1.68. The van der Waals surface area contributed by atoms with Gasteiger partial charge < -0.3 is 10.5 Å². The Kier molecular flexibility index (Phi) is 4.78. The van der Waals surface area contributed by atoms with E-state index in [4.69, 9.17) is 10.5 Å². The highest BCUT2D eigenvalue weighted by atomic mass is 19.4. The van der Waals surface area contributed by atoms with Gasteiger partial charge in [0.15, 0.2) is 0 Å². The molecule has 2 aromatic carbocycles.